The molecular formula is C11H23NO2. The molecule has 1 fully saturated rings. The second kappa shape index (κ2) is 5.69. The normalized spacial score (nSPS) is 32.4. The van der Waals surface area contributed by atoms with Crippen molar-refractivity contribution in [2.24, 2.45) is 5.41 Å². The highest BCUT2D eigenvalue weighted by molar-refractivity contribution is 4.91. The summed E-state index contributed by atoms with van der Waals surface area (Å²) < 4.78 is 10.8. The van der Waals surface area contributed by atoms with Crippen molar-refractivity contribution in [2.45, 2.75) is 32.8 Å². The van der Waals surface area contributed by atoms with Crippen LogP contribution in [0.15, 0.2) is 0 Å². The third-order valence-electron chi connectivity index (χ3n) is 3.36. The van der Waals surface area contributed by atoms with Crippen molar-refractivity contribution < 1.29 is 9.47 Å². The van der Waals surface area contributed by atoms with E-state index in [1.807, 2.05) is 0 Å². The third-order valence-corrected chi connectivity index (χ3v) is 3.36. The van der Waals surface area contributed by atoms with Crippen LogP contribution in [0.3, 0.4) is 0 Å². The molecule has 14 heavy (non-hydrogen) atoms. The van der Waals surface area contributed by atoms with Gasteiger partial charge < -0.3 is 14.8 Å². The third kappa shape index (κ3) is 2.69. The molecule has 2 atom stereocenters. The van der Waals surface area contributed by atoms with Gasteiger partial charge in [0.25, 0.3) is 0 Å². The van der Waals surface area contributed by atoms with E-state index in [-0.39, 0.29) is 0 Å². The van der Waals surface area contributed by atoms with Crippen LogP contribution in [0.5, 0.6) is 0 Å². The number of ether oxygens (including phenoxy) is 2. The number of rotatable bonds is 6. The molecule has 3 heteroatoms. The summed E-state index contributed by atoms with van der Waals surface area (Å²) in [5.74, 6) is 0. The Bertz CT molecular complexity index is 153. The predicted molar refractivity (Wildman–Crippen MR) is 57.5 cm³/mol. The molecule has 84 valence electrons. The Morgan fingerprint density at radius 1 is 1.57 bits per heavy atom. The second-order valence-corrected chi connectivity index (χ2v) is 4.15. The van der Waals surface area contributed by atoms with Gasteiger partial charge in [-0.05, 0) is 26.3 Å². The van der Waals surface area contributed by atoms with Crippen LogP contribution in [-0.4, -0.2) is 39.5 Å². The van der Waals surface area contributed by atoms with Gasteiger partial charge in [0.1, 0.15) is 0 Å². The Balaban J connectivity index is 2.49. The van der Waals surface area contributed by atoms with E-state index in [9.17, 15) is 0 Å². The first-order valence-electron chi connectivity index (χ1n) is 5.56. The first-order valence-corrected chi connectivity index (χ1v) is 5.56. The molecule has 0 bridgehead atoms. The van der Waals surface area contributed by atoms with Gasteiger partial charge in [0.2, 0.25) is 0 Å². The van der Waals surface area contributed by atoms with Crippen LogP contribution in [0, 0.1) is 5.41 Å². The maximum atomic E-state index is 5.67. The van der Waals surface area contributed by atoms with E-state index in [0.717, 1.165) is 39.1 Å². The van der Waals surface area contributed by atoms with E-state index in [0.29, 0.717) is 11.5 Å². The average Bonchev–Trinajstić information content (AvgIpc) is 2.55. The first-order chi connectivity index (χ1) is 6.75. The molecule has 0 aromatic heterocycles. The van der Waals surface area contributed by atoms with Gasteiger partial charge >= 0.3 is 0 Å². The van der Waals surface area contributed by atoms with Gasteiger partial charge in [-0.15, -0.1) is 0 Å². The van der Waals surface area contributed by atoms with Crippen LogP contribution in [0.4, 0.5) is 0 Å². The largest absolute Gasteiger partial charge is 0.385 e. The topological polar surface area (TPSA) is 30.5 Å². The second-order valence-electron chi connectivity index (χ2n) is 4.15. The lowest BCUT2D eigenvalue weighted by Gasteiger charge is -2.32. The van der Waals surface area contributed by atoms with E-state index in [1.54, 1.807) is 7.11 Å². The Morgan fingerprint density at radius 2 is 2.36 bits per heavy atom. The molecule has 0 aliphatic carbocycles. The summed E-state index contributed by atoms with van der Waals surface area (Å²) in [6.07, 6.45) is 2.61. The predicted octanol–water partition coefficient (Wildman–Crippen LogP) is 1.43. The smallest absolute Gasteiger partial charge is 0.0617 e. The van der Waals surface area contributed by atoms with E-state index in [4.69, 9.17) is 9.47 Å². The number of methoxy groups -OCH3 is 1. The average molecular weight is 201 g/mol. The van der Waals surface area contributed by atoms with Crippen molar-refractivity contribution >= 4 is 0 Å². The van der Waals surface area contributed by atoms with Crippen LogP contribution in [0.1, 0.15) is 26.7 Å². The summed E-state index contributed by atoms with van der Waals surface area (Å²) >= 11 is 0. The van der Waals surface area contributed by atoms with Gasteiger partial charge in [0.05, 0.1) is 6.10 Å². The summed E-state index contributed by atoms with van der Waals surface area (Å²) in [6, 6.07) is 0. The van der Waals surface area contributed by atoms with Gasteiger partial charge in [0, 0.05) is 32.3 Å². The lowest BCUT2D eigenvalue weighted by Crippen LogP contribution is -2.40. The fraction of sp³-hybridized carbons (Fsp3) is 1.00. The molecule has 0 spiro atoms. The number of hydrogen-bond acceptors (Lipinski definition) is 3. The minimum absolute atomic E-state index is 0.298. The van der Waals surface area contributed by atoms with E-state index in [1.165, 1.54) is 0 Å². The van der Waals surface area contributed by atoms with Crippen LogP contribution < -0.4 is 5.32 Å². The van der Waals surface area contributed by atoms with Gasteiger partial charge in [-0.2, -0.15) is 0 Å². The lowest BCUT2D eigenvalue weighted by atomic mass is 9.78. The highest BCUT2D eigenvalue weighted by Gasteiger charge is 2.40. The fourth-order valence-electron chi connectivity index (χ4n) is 2.15. The molecule has 3 nitrogen and oxygen atoms in total. The molecule has 1 heterocycles. The monoisotopic (exact) mass is 201 g/mol. The van der Waals surface area contributed by atoms with Crippen molar-refractivity contribution in [2.75, 3.05) is 33.4 Å². The summed E-state index contributed by atoms with van der Waals surface area (Å²) in [7, 11) is 1.77. The number of nitrogens with one attached hydrogen (secondary N) is 1. The fourth-order valence-corrected chi connectivity index (χ4v) is 2.15. The molecule has 0 radical (unpaired) electrons. The Morgan fingerprint density at radius 3 is 2.86 bits per heavy atom. The minimum Gasteiger partial charge on any atom is -0.385 e. The van der Waals surface area contributed by atoms with Crippen molar-refractivity contribution in [3.8, 4) is 0 Å². The molecule has 2 unspecified atom stereocenters. The molecule has 0 amide bonds. The number of hydrogen-bond donors (Lipinski definition) is 1. The molecule has 0 saturated carbocycles. The SMILES string of the molecule is CCNCC1(CCOC)CCOC1C. The van der Waals surface area contributed by atoms with Crippen molar-refractivity contribution in [3.63, 3.8) is 0 Å². The van der Waals surface area contributed by atoms with Gasteiger partial charge in [-0.25, -0.2) is 0 Å². The van der Waals surface area contributed by atoms with Crippen LogP contribution >= 0.6 is 0 Å². The zero-order valence-corrected chi connectivity index (χ0v) is 9.64. The van der Waals surface area contributed by atoms with E-state index < -0.39 is 0 Å². The molecule has 0 aromatic carbocycles. The molecule has 0 aromatic rings. The zero-order chi connectivity index (χ0) is 10.4. The minimum atomic E-state index is 0.298. The molecule has 1 rings (SSSR count). The Hall–Kier alpha value is -0.120. The van der Waals surface area contributed by atoms with Crippen LogP contribution in [0.2, 0.25) is 0 Å². The molecular weight excluding hydrogens is 178 g/mol. The maximum absolute atomic E-state index is 5.67. The van der Waals surface area contributed by atoms with E-state index in [2.05, 4.69) is 19.2 Å². The summed E-state index contributed by atoms with van der Waals surface area (Å²) in [5, 5.41) is 3.43. The lowest BCUT2D eigenvalue weighted by molar-refractivity contribution is 0.0422. The molecule has 1 aliphatic heterocycles. The van der Waals surface area contributed by atoms with Crippen LogP contribution in [-0.2, 0) is 9.47 Å². The van der Waals surface area contributed by atoms with Gasteiger partial charge in [0.15, 0.2) is 0 Å². The molecule has 1 aliphatic rings. The van der Waals surface area contributed by atoms with Crippen LogP contribution in [0.25, 0.3) is 0 Å². The maximum Gasteiger partial charge on any atom is 0.0617 e. The Labute approximate surface area is 87.2 Å². The van der Waals surface area contributed by atoms with Crippen molar-refractivity contribution in [3.05, 3.63) is 0 Å². The molecule has 1 N–H and O–H groups in total. The Kier molecular flexibility index (Phi) is 4.85. The van der Waals surface area contributed by atoms with E-state index >= 15 is 0 Å². The highest BCUT2D eigenvalue weighted by atomic mass is 16.5. The molecule has 1 saturated heterocycles. The highest BCUT2D eigenvalue weighted by Crippen LogP contribution is 2.37. The standard InChI is InChI=1S/C11H23NO2/c1-4-12-9-11(5-7-13-3)6-8-14-10(11)2/h10,12H,4-9H2,1-3H3. The summed E-state index contributed by atoms with van der Waals surface area (Å²) in [4.78, 5) is 0. The van der Waals surface area contributed by atoms with Crippen molar-refractivity contribution in [1.29, 1.82) is 0 Å². The van der Waals surface area contributed by atoms with Gasteiger partial charge in [-0.3, -0.25) is 0 Å². The zero-order valence-electron chi connectivity index (χ0n) is 9.64. The van der Waals surface area contributed by atoms with Crippen molar-refractivity contribution in [1.82, 2.24) is 5.32 Å². The van der Waals surface area contributed by atoms with Gasteiger partial charge in [-0.1, -0.05) is 6.92 Å². The summed E-state index contributed by atoms with van der Waals surface area (Å²) in [6.45, 7) is 8.13. The summed E-state index contributed by atoms with van der Waals surface area (Å²) in [5.41, 5.74) is 0.298. The first kappa shape index (κ1) is 12.0. The quantitative estimate of drug-likeness (QED) is 0.705.